The third-order valence-corrected chi connectivity index (χ3v) is 2.08. The second-order valence-electron chi connectivity index (χ2n) is 3.75. The summed E-state index contributed by atoms with van der Waals surface area (Å²) in [6.07, 6.45) is 3.02. The van der Waals surface area contributed by atoms with E-state index in [1.807, 2.05) is 13.8 Å². The number of benzene rings is 1. The fraction of sp³-hybridized carbons (Fsp3) is 0.273. The highest BCUT2D eigenvalue weighted by Crippen LogP contribution is 2.25. The molecular weight excluding hydrogens is 212 g/mol. The topological polar surface area (TPSA) is 34.0 Å². The van der Waals surface area contributed by atoms with Crippen molar-refractivity contribution in [2.75, 3.05) is 0 Å². The monoisotopic (exact) mass is 221 g/mol. The molecule has 0 bridgehead atoms. The summed E-state index contributed by atoms with van der Waals surface area (Å²) in [4.78, 5) is 0. The van der Waals surface area contributed by atoms with Gasteiger partial charge in [-0.2, -0.15) is 5.11 Å². The molecule has 0 aliphatic carbocycles. The Hall–Kier alpha value is -1.35. The van der Waals surface area contributed by atoms with Crippen molar-refractivity contribution in [3.63, 3.8) is 0 Å². The molecule has 0 saturated carbocycles. The Bertz CT molecular complexity index is 421. The first-order valence-corrected chi connectivity index (χ1v) is 4.94. The van der Waals surface area contributed by atoms with Crippen molar-refractivity contribution in [2.45, 2.75) is 19.4 Å². The van der Waals surface area contributed by atoms with Gasteiger partial charge in [-0.3, -0.25) is 0 Å². The van der Waals surface area contributed by atoms with Gasteiger partial charge in [-0.1, -0.05) is 11.6 Å². The maximum atomic E-state index is 5.75. The molecule has 4 heteroatoms. The van der Waals surface area contributed by atoms with Crippen LogP contribution < -0.4 is 4.74 Å². The van der Waals surface area contributed by atoms with Crippen molar-refractivity contribution in [2.24, 2.45) is 10.2 Å². The van der Waals surface area contributed by atoms with Gasteiger partial charge in [0.1, 0.15) is 11.3 Å². The van der Waals surface area contributed by atoms with Crippen LogP contribution in [0.1, 0.15) is 13.8 Å². The van der Waals surface area contributed by atoms with Gasteiger partial charge < -0.3 is 4.74 Å². The van der Waals surface area contributed by atoms with Crippen LogP contribution in [0.25, 0.3) is 0 Å². The Morgan fingerprint density at radius 3 is 2.47 bits per heavy atom. The number of nitrogens with zero attached hydrogens (tertiary/aromatic N) is 2. The molecule has 0 amide bonds. The van der Waals surface area contributed by atoms with E-state index in [4.69, 9.17) is 16.3 Å². The molecule has 1 aliphatic rings. The number of ether oxygens (including phenoxy) is 1. The quantitative estimate of drug-likeness (QED) is 0.751. The first-order chi connectivity index (χ1) is 7.05. The van der Waals surface area contributed by atoms with E-state index in [-0.39, 0.29) is 5.54 Å². The first-order valence-electron chi connectivity index (χ1n) is 4.57. The number of azo groups is 1. The molecule has 15 heavy (non-hydrogen) atoms. The van der Waals surface area contributed by atoms with Gasteiger partial charge in [0.05, 0.1) is 6.08 Å². The maximum absolute atomic E-state index is 5.75. The summed E-state index contributed by atoms with van der Waals surface area (Å²) >= 11 is 5.75. The molecule has 0 N–H and O–H groups in total. The van der Waals surface area contributed by atoms with Crippen LogP contribution in [0.3, 0.4) is 0 Å². The average molecular weight is 222 g/mol. The molecular formula is C11H10ClN2O. The molecule has 1 heterocycles. The fourth-order valence-corrected chi connectivity index (χ4v) is 1.27. The van der Waals surface area contributed by atoms with Crippen molar-refractivity contribution < 1.29 is 4.74 Å². The van der Waals surface area contributed by atoms with E-state index >= 15 is 0 Å². The number of rotatable bonds is 2. The first kappa shape index (κ1) is 10.2. The SMILES string of the molecule is CC1(C)[C]=C(Oc2ccc(Cl)cc2)N=N1. The van der Waals surface area contributed by atoms with Gasteiger partial charge in [-0.25, -0.2) is 0 Å². The normalized spacial score (nSPS) is 17.7. The summed E-state index contributed by atoms with van der Waals surface area (Å²) in [5, 5.41) is 8.55. The molecule has 0 fully saturated rings. The van der Waals surface area contributed by atoms with Gasteiger partial charge in [-0.15, -0.1) is 5.11 Å². The molecule has 0 saturated heterocycles. The van der Waals surface area contributed by atoms with Crippen molar-refractivity contribution in [3.8, 4) is 5.75 Å². The lowest BCUT2D eigenvalue weighted by Gasteiger charge is -2.04. The lowest BCUT2D eigenvalue weighted by atomic mass is 10.1. The van der Waals surface area contributed by atoms with E-state index in [2.05, 4.69) is 16.3 Å². The standard InChI is InChI=1S/C11H10ClN2O/c1-11(2)7-10(13-14-11)15-9-5-3-8(12)4-6-9/h3-6H,1-2H3. The highest BCUT2D eigenvalue weighted by Gasteiger charge is 2.22. The molecule has 0 atom stereocenters. The van der Waals surface area contributed by atoms with Gasteiger partial charge in [0, 0.05) is 5.02 Å². The van der Waals surface area contributed by atoms with Crippen molar-refractivity contribution in [1.29, 1.82) is 0 Å². The summed E-state index contributed by atoms with van der Waals surface area (Å²) in [5.41, 5.74) is -0.387. The second kappa shape index (κ2) is 3.66. The highest BCUT2D eigenvalue weighted by molar-refractivity contribution is 6.30. The van der Waals surface area contributed by atoms with E-state index in [0.717, 1.165) is 0 Å². The summed E-state index contributed by atoms with van der Waals surface area (Å²) < 4.78 is 5.45. The van der Waals surface area contributed by atoms with E-state index < -0.39 is 0 Å². The predicted octanol–water partition coefficient (Wildman–Crippen LogP) is 3.61. The lowest BCUT2D eigenvalue weighted by Crippen LogP contribution is -2.09. The zero-order chi connectivity index (χ0) is 10.9. The predicted molar refractivity (Wildman–Crippen MR) is 57.8 cm³/mol. The molecule has 0 spiro atoms. The number of hydrogen-bond donors (Lipinski definition) is 0. The molecule has 1 aliphatic heterocycles. The van der Waals surface area contributed by atoms with Gasteiger partial charge in [0.2, 0.25) is 5.88 Å². The molecule has 2 rings (SSSR count). The minimum Gasteiger partial charge on any atom is -0.437 e. The smallest absolute Gasteiger partial charge is 0.244 e. The van der Waals surface area contributed by atoms with Crippen LogP contribution in [-0.2, 0) is 0 Å². The zero-order valence-electron chi connectivity index (χ0n) is 8.49. The van der Waals surface area contributed by atoms with Crippen LogP contribution in [0, 0.1) is 6.08 Å². The van der Waals surface area contributed by atoms with Gasteiger partial charge >= 0.3 is 0 Å². The van der Waals surface area contributed by atoms with Crippen LogP contribution in [0.15, 0.2) is 40.4 Å². The average Bonchev–Trinajstić information content (AvgIpc) is 2.50. The van der Waals surface area contributed by atoms with Gasteiger partial charge in [0.15, 0.2) is 0 Å². The summed E-state index contributed by atoms with van der Waals surface area (Å²) in [6.45, 7) is 3.82. The van der Waals surface area contributed by atoms with Gasteiger partial charge in [-0.05, 0) is 38.1 Å². The highest BCUT2D eigenvalue weighted by atomic mass is 35.5. The zero-order valence-corrected chi connectivity index (χ0v) is 9.25. The van der Waals surface area contributed by atoms with Crippen LogP contribution in [0.5, 0.6) is 5.75 Å². The molecule has 1 radical (unpaired) electrons. The summed E-state index contributed by atoms with van der Waals surface area (Å²) in [6, 6.07) is 7.07. The Kier molecular flexibility index (Phi) is 2.49. The second-order valence-corrected chi connectivity index (χ2v) is 4.18. The Balaban J connectivity index is 2.11. The molecule has 1 aromatic carbocycles. The molecule has 1 aromatic rings. The van der Waals surface area contributed by atoms with E-state index in [1.54, 1.807) is 24.3 Å². The van der Waals surface area contributed by atoms with Crippen molar-refractivity contribution in [3.05, 3.63) is 41.2 Å². The van der Waals surface area contributed by atoms with Crippen LogP contribution >= 0.6 is 11.6 Å². The van der Waals surface area contributed by atoms with Crippen LogP contribution in [0.4, 0.5) is 0 Å². The number of hydrogen-bond acceptors (Lipinski definition) is 3. The van der Waals surface area contributed by atoms with E-state index in [1.165, 1.54) is 0 Å². The van der Waals surface area contributed by atoms with E-state index in [9.17, 15) is 0 Å². The lowest BCUT2D eigenvalue weighted by molar-refractivity contribution is 0.416. The third kappa shape index (κ3) is 2.57. The van der Waals surface area contributed by atoms with Crippen LogP contribution in [-0.4, -0.2) is 5.54 Å². The largest absolute Gasteiger partial charge is 0.437 e. The number of halogens is 1. The van der Waals surface area contributed by atoms with Crippen LogP contribution in [0.2, 0.25) is 5.02 Å². The molecule has 3 nitrogen and oxygen atoms in total. The minimum atomic E-state index is -0.387. The Labute approximate surface area is 93.4 Å². The third-order valence-electron chi connectivity index (χ3n) is 1.83. The van der Waals surface area contributed by atoms with Gasteiger partial charge in [0.25, 0.3) is 0 Å². The van der Waals surface area contributed by atoms with Crippen molar-refractivity contribution in [1.82, 2.24) is 0 Å². The molecule has 77 valence electrons. The Morgan fingerprint density at radius 1 is 1.27 bits per heavy atom. The Morgan fingerprint density at radius 2 is 1.93 bits per heavy atom. The molecule has 0 aromatic heterocycles. The maximum Gasteiger partial charge on any atom is 0.244 e. The van der Waals surface area contributed by atoms with Crippen molar-refractivity contribution >= 4 is 11.6 Å². The van der Waals surface area contributed by atoms with E-state index in [0.29, 0.717) is 16.7 Å². The fourth-order valence-electron chi connectivity index (χ4n) is 1.14. The molecule has 0 unspecified atom stereocenters. The summed E-state index contributed by atoms with van der Waals surface area (Å²) in [7, 11) is 0. The summed E-state index contributed by atoms with van der Waals surface area (Å²) in [5.74, 6) is 1.08. The minimum absolute atomic E-state index is 0.387.